The summed E-state index contributed by atoms with van der Waals surface area (Å²) in [5, 5.41) is 2.50. The van der Waals surface area contributed by atoms with Crippen LogP contribution in [0.4, 0.5) is 14.5 Å². The van der Waals surface area contributed by atoms with Gasteiger partial charge < -0.3 is 15.0 Å². The van der Waals surface area contributed by atoms with Gasteiger partial charge in [-0.2, -0.15) is 0 Å². The second-order valence-electron chi connectivity index (χ2n) is 5.48. The highest BCUT2D eigenvalue weighted by Gasteiger charge is 2.11. The van der Waals surface area contributed by atoms with Gasteiger partial charge in [0.25, 0.3) is 0 Å². The van der Waals surface area contributed by atoms with Gasteiger partial charge in [0.1, 0.15) is 5.82 Å². The van der Waals surface area contributed by atoms with Gasteiger partial charge in [0.2, 0.25) is 11.8 Å². The van der Waals surface area contributed by atoms with Crippen LogP contribution in [0.1, 0.15) is 5.56 Å². The Morgan fingerprint density at radius 2 is 1.96 bits per heavy atom. The lowest BCUT2D eigenvalue weighted by atomic mass is 10.2. The number of nitrogens with one attached hydrogen (secondary N) is 1. The van der Waals surface area contributed by atoms with Crippen LogP contribution in [-0.2, 0) is 9.59 Å². The van der Waals surface area contributed by atoms with Crippen LogP contribution in [0.2, 0.25) is 0 Å². The molecule has 0 aliphatic carbocycles. The summed E-state index contributed by atoms with van der Waals surface area (Å²) < 4.78 is 31.5. The predicted octanol–water partition coefficient (Wildman–Crippen LogP) is 3.08. The summed E-state index contributed by atoms with van der Waals surface area (Å²) in [7, 11) is 2.81. The summed E-state index contributed by atoms with van der Waals surface area (Å²) in [5.74, 6) is -1.79. The molecule has 2 amide bonds. The van der Waals surface area contributed by atoms with Crippen molar-refractivity contribution in [1.29, 1.82) is 0 Å². The van der Waals surface area contributed by atoms with E-state index in [1.165, 1.54) is 61.5 Å². The zero-order chi connectivity index (χ0) is 19.1. The molecule has 7 heteroatoms. The zero-order valence-electron chi connectivity index (χ0n) is 14.3. The molecule has 0 saturated carbocycles. The molecule has 0 aromatic heterocycles. The minimum Gasteiger partial charge on any atom is -0.494 e. The molecule has 0 fully saturated rings. The van der Waals surface area contributed by atoms with Crippen molar-refractivity contribution in [2.75, 3.05) is 26.0 Å². The van der Waals surface area contributed by atoms with Gasteiger partial charge in [-0.05, 0) is 42.0 Å². The van der Waals surface area contributed by atoms with E-state index in [9.17, 15) is 18.4 Å². The van der Waals surface area contributed by atoms with Crippen molar-refractivity contribution in [3.63, 3.8) is 0 Å². The summed E-state index contributed by atoms with van der Waals surface area (Å²) in [6.45, 7) is -0.212. The number of hydrogen-bond acceptors (Lipinski definition) is 3. The highest BCUT2D eigenvalue weighted by molar-refractivity contribution is 5.97. The molecule has 2 rings (SSSR count). The van der Waals surface area contributed by atoms with Gasteiger partial charge in [0.15, 0.2) is 11.6 Å². The number of carbonyl (C=O) groups is 2. The van der Waals surface area contributed by atoms with E-state index in [2.05, 4.69) is 5.32 Å². The lowest BCUT2D eigenvalue weighted by Gasteiger charge is -2.14. The minimum absolute atomic E-state index is 0.111. The van der Waals surface area contributed by atoms with Crippen LogP contribution in [0.15, 0.2) is 48.5 Å². The molecule has 0 aliphatic rings. The molecule has 1 N–H and O–H groups in total. The van der Waals surface area contributed by atoms with Crippen molar-refractivity contribution < 1.29 is 23.1 Å². The minimum atomic E-state index is -0.537. The molecule has 0 unspecified atom stereocenters. The lowest BCUT2D eigenvalue weighted by Crippen LogP contribution is -2.33. The molecule has 2 aromatic rings. The number of carbonyl (C=O) groups excluding carboxylic acids is 2. The lowest BCUT2D eigenvalue weighted by molar-refractivity contribution is -0.129. The monoisotopic (exact) mass is 360 g/mol. The van der Waals surface area contributed by atoms with Gasteiger partial charge in [0.05, 0.1) is 13.7 Å². The zero-order valence-corrected chi connectivity index (χ0v) is 14.3. The Hall–Kier alpha value is -3.22. The predicted molar refractivity (Wildman–Crippen MR) is 94.7 cm³/mol. The summed E-state index contributed by atoms with van der Waals surface area (Å²) in [6, 6.07) is 9.74. The summed E-state index contributed by atoms with van der Waals surface area (Å²) in [5.41, 5.74) is 0.786. The van der Waals surface area contributed by atoms with E-state index in [0.29, 0.717) is 11.3 Å². The Kier molecular flexibility index (Phi) is 6.43. The van der Waals surface area contributed by atoms with Crippen LogP contribution < -0.4 is 10.1 Å². The third-order valence-electron chi connectivity index (χ3n) is 3.46. The highest BCUT2D eigenvalue weighted by atomic mass is 19.1. The largest absolute Gasteiger partial charge is 0.494 e. The third kappa shape index (κ3) is 5.41. The number of nitrogens with zero attached hydrogens (tertiary/aromatic N) is 1. The molecule has 0 atom stereocenters. The van der Waals surface area contributed by atoms with E-state index < -0.39 is 23.4 Å². The van der Waals surface area contributed by atoms with E-state index in [4.69, 9.17) is 4.74 Å². The first-order valence-corrected chi connectivity index (χ1v) is 7.71. The van der Waals surface area contributed by atoms with E-state index in [1.807, 2.05) is 0 Å². The van der Waals surface area contributed by atoms with Crippen molar-refractivity contribution >= 4 is 23.6 Å². The number of amides is 2. The molecule has 0 saturated heterocycles. The molecule has 26 heavy (non-hydrogen) atoms. The fourth-order valence-electron chi connectivity index (χ4n) is 2.14. The first-order valence-electron chi connectivity index (χ1n) is 7.71. The molecule has 0 radical (unpaired) electrons. The molecule has 0 aliphatic heterocycles. The fourth-order valence-corrected chi connectivity index (χ4v) is 2.14. The van der Waals surface area contributed by atoms with Gasteiger partial charge in [-0.1, -0.05) is 12.1 Å². The van der Waals surface area contributed by atoms with E-state index >= 15 is 0 Å². The molecule has 0 spiro atoms. The maximum absolute atomic E-state index is 13.6. The van der Waals surface area contributed by atoms with Crippen molar-refractivity contribution in [2.24, 2.45) is 0 Å². The average Bonchev–Trinajstić information content (AvgIpc) is 2.59. The highest BCUT2D eigenvalue weighted by Crippen LogP contribution is 2.18. The molecule has 2 aromatic carbocycles. The van der Waals surface area contributed by atoms with Crippen molar-refractivity contribution in [2.45, 2.75) is 0 Å². The third-order valence-corrected chi connectivity index (χ3v) is 3.46. The Bertz CT molecular complexity index is 837. The fraction of sp³-hybridized carbons (Fsp3) is 0.158. The van der Waals surface area contributed by atoms with E-state index in [0.717, 1.165) is 0 Å². The molecular formula is C19H18F2N2O3. The Morgan fingerprint density at radius 3 is 2.62 bits per heavy atom. The Morgan fingerprint density at radius 1 is 1.19 bits per heavy atom. The Balaban J connectivity index is 1.92. The number of halogens is 2. The van der Waals surface area contributed by atoms with Gasteiger partial charge in [-0.15, -0.1) is 0 Å². The van der Waals surface area contributed by atoms with Crippen LogP contribution in [0, 0.1) is 11.6 Å². The van der Waals surface area contributed by atoms with Crippen molar-refractivity contribution in [3.05, 3.63) is 65.7 Å². The number of ether oxygens (including phenoxy) is 1. The smallest absolute Gasteiger partial charge is 0.246 e. The number of rotatable bonds is 6. The first kappa shape index (κ1) is 19.1. The average molecular weight is 360 g/mol. The van der Waals surface area contributed by atoms with Gasteiger partial charge in [-0.25, -0.2) is 8.78 Å². The standard InChI is InChI=1S/C19H18F2N2O3/c1-23(12-18(24)22-15-5-3-4-14(20)11-15)19(25)9-7-13-6-8-17(26-2)16(21)10-13/h3-11H,12H2,1-2H3,(H,22,24)/b9-7+. The molecule has 0 bridgehead atoms. The molecule has 136 valence electrons. The number of likely N-dealkylation sites (N-methyl/N-ethyl adjacent to an activating group) is 1. The maximum atomic E-state index is 13.6. The number of hydrogen-bond donors (Lipinski definition) is 1. The normalized spacial score (nSPS) is 10.6. The van der Waals surface area contributed by atoms with Gasteiger partial charge >= 0.3 is 0 Å². The van der Waals surface area contributed by atoms with Crippen molar-refractivity contribution in [1.82, 2.24) is 4.90 Å². The van der Waals surface area contributed by atoms with Gasteiger partial charge in [-0.3, -0.25) is 9.59 Å². The van der Waals surface area contributed by atoms with Crippen LogP contribution in [-0.4, -0.2) is 37.4 Å². The van der Waals surface area contributed by atoms with Crippen LogP contribution in [0.25, 0.3) is 6.08 Å². The summed E-state index contributed by atoms with van der Waals surface area (Å²) in [4.78, 5) is 25.1. The van der Waals surface area contributed by atoms with E-state index in [1.54, 1.807) is 12.1 Å². The van der Waals surface area contributed by atoms with Gasteiger partial charge in [0, 0.05) is 18.8 Å². The van der Waals surface area contributed by atoms with Crippen LogP contribution in [0.5, 0.6) is 5.75 Å². The SMILES string of the molecule is COc1ccc(/C=C/C(=O)N(C)CC(=O)Nc2cccc(F)c2)cc1F. The van der Waals surface area contributed by atoms with Crippen LogP contribution >= 0.6 is 0 Å². The quantitative estimate of drug-likeness (QED) is 0.806. The first-order chi connectivity index (χ1) is 12.4. The Labute approximate surface area is 149 Å². The topological polar surface area (TPSA) is 58.6 Å². The summed E-state index contributed by atoms with van der Waals surface area (Å²) >= 11 is 0. The molecule has 0 heterocycles. The number of benzene rings is 2. The molecular weight excluding hydrogens is 342 g/mol. The van der Waals surface area contributed by atoms with Crippen molar-refractivity contribution in [3.8, 4) is 5.75 Å². The molecule has 5 nitrogen and oxygen atoms in total. The number of anilines is 1. The second kappa shape index (κ2) is 8.75. The second-order valence-corrected chi connectivity index (χ2v) is 5.48. The summed E-state index contributed by atoms with van der Waals surface area (Å²) in [6.07, 6.45) is 2.67. The van der Waals surface area contributed by atoms with E-state index in [-0.39, 0.29) is 12.3 Å². The maximum Gasteiger partial charge on any atom is 0.246 e. The van der Waals surface area contributed by atoms with Crippen LogP contribution in [0.3, 0.4) is 0 Å². The number of methoxy groups -OCH3 is 1.